The summed E-state index contributed by atoms with van der Waals surface area (Å²) < 4.78 is 28.2. The largest absolute Gasteiger partial charge is 0.298 e. The molecule has 0 spiro atoms. The lowest BCUT2D eigenvalue weighted by Crippen LogP contribution is -2.39. The van der Waals surface area contributed by atoms with Gasteiger partial charge in [-0.1, -0.05) is 29.9 Å². The number of hydrogen-bond donors (Lipinski definition) is 1. The van der Waals surface area contributed by atoms with Gasteiger partial charge in [-0.25, -0.2) is 13.4 Å². The van der Waals surface area contributed by atoms with Gasteiger partial charge in [0.15, 0.2) is 5.13 Å². The molecule has 1 atom stereocenters. The van der Waals surface area contributed by atoms with E-state index >= 15 is 0 Å². The van der Waals surface area contributed by atoms with Crippen molar-refractivity contribution in [3.63, 3.8) is 0 Å². The van der Waals surface area contributed by atoms with Gasteiger partial charge in [-0.3, -0.25) is 10.1 Å². The number of aromatic nitrogens is 1. The van der Waals surface area contributed by atoms with E-state index in [1.54, 1.807) is 0 Å². The first-order chi connectivity index (χ1) is 14.2. The summed E-state index contributed by atoms with van der Waals surface area (Å²) in [5.41, 5.74) is 2.11. The molecule has 0 aliphatic carbocycles. The van der Waals surface area contributed by atoms with Crippen LogP contribution in [-0.2, 0) is 10.0 Å². The molecule has 0 radical (unpaired) electrons. The van der Waals surface area contributed by atoms with E-state index in [0.717, 1.165) is 28.6 Å². The zero-order valence-electron chi connectivity index (χ0n) is 16.7. The molecule has 30 heavy (non-hydrogen) atoms. The SMILES string of the molecule is Cc1cc(Cl)cc2sc(NC(=O)c3ccc(S(=O)(=O)N4CCCC(C)C4)cc3)nc12. The third-order valence-electron chi connectivity index (χ3n) is 5.24. The van der Waals surface area contributed by atoms with Crippen LogP contribution < -0.4 is 5.32 Å². The molecule has 1 unspecified atom stereocenters. The Labute approximate surface area is 184 Å². The number of piperidine rings is 1. The standard InChI is InChI=1S/C21H22ClN3O3S2/c1-13-4-3-9-25(12-13)30(27,28)17-7-5-15(6-8-17)20(26)24-21-23-19-14(2)10-16(22)11-18(19)29-21/h5-8,10-11,13H,3-4,9,12H2,1-2H3,(H,23,24,26). The Morgan fingerprint density at radius 1 is 1.27 bits per heavy atom. The second-order valence-corrected chi connectivity index (χ2v) is 11.1. The Morgan fingerprint density at radius 2 is 2.00 bits per heavy atom. The Balaban J connectivity index is 1.51. The van der Waals surface area contributed by atoms with Crippen LogP contribution in [0.5, 0.6) is 0 Å². The summed E-state index contributed by atoms with van der Waals surface area (Å²) in [6, 6.07) is 9.70. The van der Waals surface area contributed by atoms with E-state index < -0.39 is 10.0 Å². The molecule has 1 fully saturated rings. The Bertz CT molecular complexity index is 1210. The molecule has 2 heterocycles. The average Bonchev–Trinajstić information content (AvgIpc) is 3.10. The van der Waals surface area contributed by atoms with E-state index in [1.165, 1.54) is 39.9 Å². The maximum Gasteiger partial charge on any atom is 0.257 e. The summed E-state index contributed by atoms with van der Waals surface area (Å²) in [5, 5.41) is 3.89. The molecule has 6 nitrogen and oxygen atoms in total. The molecule has 1 aromatic heterocycles. The normalized spacial score (nSPS) is 17.9. The summed E-state index contributed by atoms with van der Waals surface area (Å²) in [5.74, 6) is 0.0132. The van der Waals surface area contributed by atoms with E-state index in [1.807, 2.05) is 19.1 Å². The van der Waals surface area contributed by atoms with E-state index in [4.69, 9.17) is 11.6 Å². The number of hydrogen-bond acceptors (Lipinski definition) is 5. The second kappa shape index (κ2) is 8.26. The first-order valence-corrected chi connectivity index (χ1v) is 12.4. The van der Waals surface area contributed by atoms with Crippen LogP contribution in [0.25, 0.3) is 10.2 Å². The highest BCUT2D eigenvalue weighted by atomic mass is 35.5. The third-order valence-corrected chi connectivity index (χ3v) is 8.26. The molecule has 0 bridgehead atoms. The van der Waals surface area contributed by atoms with Gasteiger partial charge < -0.3 is 0 Å². The van der Waals surface area contributed by atoms with Crippen molar-refractivity contribution in [2.45, 2.75) is 31.6 Å². The third kappa shape index (κ3) is 4.23. The summed E-state index contributed by atoms with van der Waals surface area (Å²) >= 11 is 7.43. The molecule has 1 N–H and O–H groups in total. The number of carbonyl (C=O) groups is 1. The van der Waals surface area contributed by atoms with Crippen LogP contribution in [0.2, 0.25) is 5.02 Å². The molecule has 1 aliphatic heterocycles. The number of benzene rings is 2. The Morgan fingerprint density at radius 3 is 2.70 bits per heavy atom. The first kappa shape index (κ1) is 21.2. The highest BCUT2D eigenvalue weighted by Gasteiger charge is 2.28. The summed E-state index contributed by atoms with van der Waals surface area (Å²) in [6.07, 6.45) is 1.91. The molecular weight excluding hydrogens is 442 g/mol. The van der Waals surface area contributed by atoms with Gasteiger partial charge in [-0.05, 0) is 67.6 Å². The Kier molecular flexibility index (Phi) is 5.85. The number of rotatable bonds is 4. The number of amides is 1. The fourth-order valence-corrected chi connectivity index (χ4v) is 6.58. The van der Waals surface area contributed by atoms with Gasteiger partial charge in [-0.15, -0.1) is 0 Å². The van der Waals surface area contributed by atoms with Crippen LogP contribution in [0.15, 0.2) is 41.3 Å². The molecular formula is C21H22ClN3O3S2. The fraction of sp³-hybridized carbons (Fsp3) is 0.333. The average molecular weight is 464 g/mol. The van der Waals surface area contributed by atoms with Crippen molar-refractivity contribution in [2.24, 2.45) is 5.92 Å². The van der Waals surface area contributed by atoms with Crippen molar-refractivity contribution in [1.82, 2.24) is 9.29 Å². The minimum Gasteiger partial charge on any atom is -0.298 e. The molecule has 4 rings (SSSR count). The van der Waals surface area contributed by atoms with E-state index in [0.29, 0.717) is 34.7 Å². The molecule has 1 saturated heterocycles. The highest BCUT2D eigenvalue weighted by molar-refractivity contribution is 7.89. The molecule has 9 heteroatoms. The van der Waals surface area contributed by atoms with Crippen LogP contribution in [0.4, 0.5) is 5.13 Å². The first-order valence-electron chi connectivity index (χ1n) is 9.72. The summed E-state index contributed by atoms with van der Waals surface area (Å²) in [6.45, 7) is 5.05. The minimum absolute atomic E-state index is 0.207. The van der Waals surface area contributed by atoms with Gasteiger partial charge in [0.2, 0.25) is 10.0 Å². The number of sulfonamides is 1. The molecule has 2 aromatic carbocycles. The maximum atomic E-state index is 12.9. The molecule has 1 amide bonds. The van der Waals surface area contributed by atoms with Crippen molar-refractivity contribution in [3.05, 3.63) is 52.5 Å². The zero-order valence-corrected chi connectivity index (χ0v) is 19.1. The monoisotopic (exact) mass is 463 g/mol. The fourth-order valence-electron chi connectivity index (χ4n) is 3.67. The highest BCUT2D eigenvalue weighted by Crippen LogP contribution is 2.31. The van der Waals surface area contributed by atoms with Crippen molar-refractivity contribution in [2.75, 3.05) is 18.4 Å². The lowest BCUT2D eigenvalue weighted by atomic mass is 10.0. The minimum atomic E-state index is -3.54. The van der Waals surface area contributed by atoms with Gasteiger partial charge >= 0.3 is 0 Å². The molecule has 3 aromatic rings. The molecule has 1 aliphatic rings. The number of nitrogens with one attached hydrogen (secondary N) is 1. The molecule has 158 valence electrons. The van der Waals surface area contributed by atoms with Gasteiger partial charge in [0.05, 0.1) is 15.1 Å². The molecule has 0 saturated carbocycles. The lowest BCUT2D eigenvalue weighted by Gasteiger charge is -2.30. The van der Waals surface area contributed by atoms with Gasteiger partial charge in [0.1, 0.15) is 0 Å². The maximum absolute atomic E-state index is 12.9. The van der Waals surface area contributed by atoms with Crippen LogP contribution in [0.3, 0.4) is 0 Å². The number of thiazole rings is 1. The van der Waals surface area contributed by atoms with Crippen molar-refractivity contribution in [1.29, 1.82) is 0 Å². The van der Waals surface area contributed by atoms with Gasteiger partial charge in [0, 0.05) is 23.7 Å². The predicted molar refractivity (Wildman–Crippen MR) is 121 cm³/mol. The van der Waals surface area contributed by atoms with Gasteiger partial charge in [-0.2, -0.15) is 4.31 Å². The number of fused-ring (bicyclic) bond motifs is 1. The summed E-state index contributed by atoms with van der Waals surface area (Å²) in [4.78, 5) is 17.3. The number of nitrogens with zero attached hydrogens (tertiary/aromatic N) is 2. The summed E-state index contributed by atoms with van der Waals surface area (Å²) in [7, 11) is -3.54. The zero-order chi connectivity index (χ0) is 21.5. The van der Waals surface area contributed by atoms with Gasteiger partial charge in [0.25, 0.3) is 5.91 Å². The topological polar surface area (TPSA) is 79.4 Å². The van der Waals surface area contributed by atoms with Crippen molar-refractivity contribution >= 4 is 54.2 Å². The number of carbonyl (C=O) groups excluding carboxylic acids is 1. The van der Waals surface area contributed by atoms with E-state index in [2.05, 4.69) is 17.2 Å². The van der Waals surface area contributed by atoms with E-state index in [-0.39, 0.29) is 10.8 Å². The van der Waals surface area contributed by atoms with Crippen LogP contribution >= 0.6 is 22.9 Å². The van der Waals surface area contributed by atoms with Crippen LogP contribution in [-0.4, -0.2) is 36.7 Å². The number of anilines is 1. The quantitative estimate of drug-likeness (QED) is 0.594. The van der Waals surface area contributed by atoms with Crippen molar-refractivity contribution < 1.29 is 13.2 Å². The van der Waals surface area contributed by atoms with Crippen LogP contribution in [0.1, 0.15) is 35.7 Å². The number of halogens is 1. The van der Waals surface area contributed by atoms with Crippen LogP contribution in [0, 0.1) is 12.8 Å². The predicted octanol–water partition coefficient (Wildman–Crippen LogP) is 4.93. The smallest absolute Gasteiger partial charge is 0.257 e. The van der Waals surface area contributed by atoms with E-state index in [9.17, 15) is 13.2 Å². The van der Waals surface area contributed by atoms with Crippen molar-refractivity contribution in [3.8, 4) is 0 Å². The lowest BCUT2D eigenvalue weighted by molar-refractivity contribution is 0.102. The number of aryl methyl sites for hydroxylation is 1. The Hall–Kier alpha value is -2.00. The second-order valence-electron chi connectivity index (χ2n) is 7.68.